The van der Waals surface area contributed by atoms with Crippen LogP contribution in [0.15, 0.2) is 42.5 Å². The van der Waals surface area contributed by atoms with E-state index in [9.17, 15) is 18.7 Å². The summed E-state index contributed by atoms with van der Waals surface area (Å²) in [5, 5.41) is 12.0. The van der Waals surface area contributed by atoms with Gasteiger partial charge in [-0.3, -0.25) is 4.79 Å². The normalized spacial score (nSPS) is 21.4. The third kappa shape index (κ3) is 2.49. The Bertz CT molecular complexity index is 789. The van der Waals surface area contributed by atoms with Crippen molar-refractivity contribution in [3.05, 3.63) is 64.7 Å². The molecule has 0 spiro atoms. The number of nitrogens with one attached hydrogen (secondary N) is 1. The summed E-state index contributed by atoms with van der Waals surface area (Å²) in [6, 6.07) is 11.6. The van der Waals surface area contributed by atoms with E-state index in [0.717, 1.165) is 11.1 Å². The van der Waals surface area contributed by atoms with Gasteiger partial charge < -0.3 is 10.4 Å². The standard InChI is InChI=1S/C19H19F2NO2/c1-12-8-13(2)16(9-14(12)10-23)22-17(24)18(11-19(18,20)21)15-6-4-3-5-7-15/h3-9,23H,10-11H2,1-2H3,(H,22,24). The zero-order valence-corrected chi connectivity index (χ0v) is 13.6. The molecule has 0 bridgehead atoms. The molecule has 0 aromatic heterocycles. The molecule has 1 saturated carbocycles. The molecule has 0 saturated heterocycles. The molecule has 1 unspecified atom stereocenters. The van der Waals surface area contributed by atoms with Crippen molar-refractivity contribution in [1.29, 1.82) is 0 Å². The Morgan fingerprint density at radius 3 is 2.33 bits per heavy atom. The molecule has 24 heavy (non-hydrogen) atoms. The molecule has 1 fully saturated rings. The van der Waals surface area contributed by atoms with Crippen LogP contribution in [0.25, 0.3) is 0 Å². The molecule has 126 valence electrons. The molecular formula is C19H19F2NO2. The van der Waals surface area contributed by atoms with Crippen LogP contribution in [0.4, 0.5) is 14.5 Å². The predicted molar refractivity (Wildman–Crippen MR) is 88.2 cm³/mol. The van der Waals surface area contributed by atoms with Crippen molar-refractivity contribution in [3.8, 4) is 0 Å². The lowest BCUT2D eigenvalue weighted by Gasteiger charge is -2.19. The van der Waals surface area contributed by atoms with Gasteiger partial charge in [-0.15, -0.1) is 0 Å². The van der Waals surface area contributed by atoms with E-state index in [1.807, 2.05) is 13.0 Å². The Labute approximate surface area is 139 Å². The molecule has 1 amide bonds. The summed E-state index contributed by atoms with van der Waals surface area (Å²) in [6.07, 6.45) is -0.492. The third-order valence-electron chi connectivity index (χ3n) is 4.74. The SMILES string of the molecule is Cc1cc(C)c(NC(=O)C2(c3ccccc3)CC2(F)F)cc1CO. The van der Waals surface area contributed by atoms with Gasteiger partial charge in [0.1, 0.15) is 5.41 Å². The molecule has 2 N–H and O–H groups in total. The minimum Gasteiger partial charge on any atom is -0.392 e. The summed E-state index contributed by atoms with van der Waals surface area (Å²) in [6.45, 7) is 3.48. The van der Waals surface area contributed by atoms with Gasteiger partial charge >= 0.3 is 0 Å². The van der Waals surface area contributed by atoms with Crippen molar-refractivity contribution in [2.75, 3.05) is 5.32 Å². The van der Waals surface area contributed by atoms with Crippen LogP contribution in [0.3, 0.4) is 0 Å². The molecule has 3 rings (SSSR count). The number of rotatable bonds is 4. The summed E-state index contributed by atoms with van der Waals surface area (Å²) in [5.41, 5.74) is 1.28. The van der Waals surface area contributed by atoms with Gasteiger partial charge in [-0.25, -0.2) is 8.78 Å². The quantitative estimate of drug-likeness (QED) is 0.897. The largest absolute Gasteiger partial charge is 0.392 e. The van der Waals surface area contributed by atoms with E-state index in [1.165, 1.54) is 0 Å². The number of aliphatic hydroxyl groups is 1. The van der Waals surface area contributed by atoms with Crippen LogP contribution in [0.2, 0.25) is 0 Å². The Kier molecular flexibility index (Phi) is 3.92. The van der Waals surface area contributed by atoms with Crippen molar-refractivity contribution < 1.29 is 18.7 Å². The molecule has 1 atom stereocenters. The van der Waals surface area contributed by atoms with Crippen LogP contribution in [-0.4, -0.2) is 16.9 Å². The molecule has 2 aromatic carbocycles. The number of benzene rings is 2. The molecule has 2 aromatic rings. The number of carbonyl (C=O) groups is 1. The molecule has 0 radical (unpaired) electrons. The Morgan fingerprint density at radius 2 is 1.79 bits per heavy atom. The van der Waals surface area contributed by atoms with Gasteiger partial charge in [0, 0.05) is 12.1 Å². The summed E-state index contributed by atoms with van der Waals surface area (Å²) >= 11 is 0. The van der Waals surface area contributed by atoms with E-state index < -0.39 is 23.7 Å². The Hall–Kier alpha value is -2.27. The molecule has 5 heteroatoms. The number of aliphatic hydroxyl groups excluding tert-OH is 1. The second-order valence-electron chi connectivity index (χ2n) is 6.36. The zero-order valence-electron chi connectivity index (χ0n) is 13.6. The van der Waals surface area contributed by atoms with Gasteiger partial charge in [-0.1, -0.05) is 36.4 Å². The number of hydrogen-bond acceptors (Lipinski definition) is 2. The fraction of sp³-hybridized carbons (Fsp3) is 0.316. The smallest absolute Gasteiger partial charge is 0.268 e. The number of anilines is 1. The first-order valence-corrected chi connectivity index (χ1v) is 7.77. The average molecular weight is 331 g/mol. The highest BCUT2D eigenvalue weighted by Gasteiger charge is 2.76. The van der Waals surface area contributed by atoms with E-state index in [1.54, 1.807) is 43.3 Å². The minimum absolute atomic E-state index is 0.172. The highest BCUT2D eigenvalue weighted by molar-refractivity contribution is 6.03. The lowest BCUT2D eigenvalue weighted by Crippen LogP contribution is -2.33. The highest BCUT2D eigenvalue weighted by Crippen LogP contribution is 2.62. The highest BCUT2D eigenvalue weighted by atomic mass is 19.3. The fourth-order valence-electron chi connectivity index (χ4n) is 3.13. The predicted octanol–water partition coefficient (Wildman–Crippen LogP) is 3.71. The van der Waals surface area contributed by atoms with Gasteiger partial charge in [-0.2, -0.15) is 0 Å². The van der Waals surface area contributed by atoms with Crippen molar-refractivity contribution >= 4 is 11.6 Å². The first-order chi connectivity index (χ1) is 11.3. The van der Waals surface area contributed by atoms with E-state index in [4.69, 9.17) is 0 Å². The summed E-state index contributed by atoms with van der Waals surface area (Å²) < 4.78 is 28.2. The monoisotopic (exact) mass is 331 g/mol. The third-order valence-corrected chi connectivity index (χ3v) is 4.74. The summed E-state index contributed by atoms with van der Waals surface area (Å²) in [4.78, 5) is 12.7. The molecule has 1 aliphatic carbocycles. The Balaban J connectivity index is 1.95. The molecule has 0 aliphatic heterocycles. The number of hydrogen-bond donors (Lipinski definition) is 2. The topological polar surface area (TPSA) is 49.3 Å². The minimum atomic E-state index is -3.06. The molecule has 3 nitrogen and oxygen atoms in total. The number of amides is 1. The fourth-order valence-corrected chi connectivity index (χ4v) is 3.13. The Morgan fingerprint density at radius 1 is 1.17 bits per heavy atom. The van der Waals surface area contributed by atoms with E-state index in [0.29, 0.717) is 16.8 Å². The van der Waals surface area contributed by atoms with Crippen LogP contribution in [0, 0.1) is 13.8 Å². The van der Waals surface area contributed by atoms with Gasteiger partial charge in [-0.05, 0) is 42.2 Å². The van der Waals surface area contributed by atoms with E-state index in [-0.39, 0.29) is 6.61 Å². The van der Waals surface area contributed by atoms with Crippen molar-refractivity contribution in [2.24, 2.45) is 0 Å². The van der Waals surface area contributed by atoms with Crippen LogP contribution >= 0.6 is 0 Å². The van der Waals surface area contributed by atoms with Crippen LogP contribution in [0.1, 0.15) is 28.7 Å². The van der Waals surface area contributed by atoms with Gasteiger partial charge in [0.05, 0.1) is 6.61 Å². The lowest BCUT2D eigenvalue weighted by atomic mass is 9.93. The van der Waals surface area contributed by atoms with Crippen molar-refractivity contribution in [3.63, 3.8) is 0 Å². The molecular weight excluding hydrogens is 312 g/mol. The van der Waals surface area contributed by atoms with E-state index in [2.05, 4.69) is 5.32 Å². The number of carbonyl (C=O) groups excluding carboxylic acids is 1. The summed E-state index contributed by atoms with van der Waals surface area (Å²) in [5.74, 6) is -3.77. The van der Waals surface area contributed by atoms with Crippen LogP contribution in [0.5, 0.6) is 0 Å². The number of alkyl halides is 2. The van der Waals surface area contributed by atoms with Crippen molar-refractivity contribution in [1.82, 2.24) is 0 Å². The second-order valence-corrected chi connectivity index (χ2v) is 6.36. The first-order valence-electron chi connectivity index (χ1n) is 7.77. The number of aryl methyl sites for hydroxylation is 2. The van der Waals surface area contributed by atoms with Crippen LogP contribution in [-0.2, 0) is 16.8 Å². The van der Waals surface area contributed by atoms with E-state index >= 15 is 0 Å². The molecule has 0 heterocycles. The zero-order chi connectivity index (χ0) is 17.5. The maximum absolute atomic E-state index is 14.1. The lowest BCUT2D eigenvalue weighted by molar-refractivity contribution is -0.121. The number of halogens is 2. The van der Waals surface area contributed by atoms with Gasteiger partial charge in [0.15, 0.2) is 0 Å². The van der Waals surface area contributed by atoms with Crippen molar-refractivity contribution in [2.45, 2.75) is 38.2 Å². The van der Waals surface area contributed by atoms with Gasteiger partial charge in [0.25, 0.3) is 5.92 Å². The second kappa shape index (κ2) is 5.67. The van der Waals surface area contributed by atoms with Crippen LogP contribution < -0.4 is 5.32 Å². The maximum atomic E-state index is 14.1. The average Bonchev–Trinajstić information content (AvgIpc) is 3.15. The summed E-state index contributed by atoms with van der Waals surface area (Å²) in [7, 11) is 0. The first kappa shape index (κ1) is 16.6. The van der Waals surface area contributed by atoms with Gasteiger partial charge in [0.2, 0.25) is 5.91 Å². The maximum Gasteiger partial charge on any atom is 0.268 e. The molecule has 1 aliphatic rings.